The third-order valence-corrected chi connectivity index (χ3v) is 8.34. The van der Waals surface area contributed by atoms with Gasteiger partial charge in [0.1, 0.15) is 29.6 Å². The SMILES string of the molecule is C[n+]1cc2cc(OCC(ON=C(C(=O)NC3C(=O)N(OS(=O)(=O)O)C3(C)C)c3csc(N)n3)C(=O)O)ccc2n1CC1CNC1. The number of carbonyl (C=O) groups is 3. The summed E-state index contributed by atoms with van der Waals surface area (Å²) in [4.78, 5) is 46.9. The van der Waals surface area contributed by atoms with Gasteiger partial charge in [-0.25, -0.2) is 9.78 Å². The Hall–Kier alpha value is -4.37. The smallest absolute Gasteiger partial charge is 0.418 e. The highest BCUT2D eigenvalue weighted by Gasteiger charge is 2.58. The molecule has 1 aromatic carbocycles. The van der Waals surface area contributed by atoms with Crippen molar-refractivity contribution >= 4 is 61.3 Å². The van der Waals surface area contributed by atoms with Gasteiger partial charge in [-0.15, -0.1) is 20.3 Å². The summed E-state index contributed by atoms with van der Waals surface area (Å²) in [6, 6.07) is 4.05. The van der Waals surface area contributed by atoms with Crippen molar-refractivity contribution in [3.63, 3.8) is 0 Å². The van der Waals surface area contributed by atoms with E-state index in [1.807, 2.05) is 24.0 Å². The van der Waals surface area contributed by atoms with E-state index in [0.29, 0.717) is 16.7 Å². The maximum atomic E-state index is 13.2. The first-order valence-electron chi connectivity index (χ1n) is 13.5. The largest absolute Gasteiger partial charge is 0.489 e. The fourth-order valence-corrected chi connectivity index (χ4v) is 5.81. The number of aryl methyl sites for hydroxylation is 1. The number of thiazole rings is 1. The maximum absolute atomic E-state index is 13.2. The van der Waals surface area contributed by atoms with Crippen LogP contribution in [-0.4, -0.2) is 93.7 Å². The summed E-state index contributed by atoms with van der Waals surface area (Å²) >= 11 is 0.968. The van der Waals surface area contributed by atoms with E-state index in [0.717, 1.165) is 41.9 Å². The lowest BCUT2D eigenvalue weighted by Crippen LogP contribution is -2.76. The van der Waals surface area contributed by atoms with Crippen LogP contribution in [0.3, 0.4) is 0 Å². The number of oxime groups is 1. The van der Waals surface area contributed by atoms with Crippen LogP contribution in [0.2, 0.25) is 0 Å². The topological polar surface area (TPSA) is 241 Å². The zero-order valence-corrected chi connectivity index (χ0v) is 25.9. The summed E-state index contributed by atoms with van der Waals surface area (Å²) < 4.78 is 45.3. The average Bonchev–Trinajstić information content (AvgIpc) is 3.50. The van der Waals surface area contributed by atoms with Crippen molar-refractivity contribution < 1.29 is 51.0 Å². The Morgan fingerprint density at radius 3 is 2.67 bits per heavy atom. The van der Waals surface area contributed by atoms with Crippen molar-refractivity contribution in [2.24, 2.45) is 18.1 Å². The van der Waals surface area contributed by atoms with Crippen molar-refractivity contribution in [2.45, 2.75) is 38.1 Å². The van der Waals surface area contributed by atoms with Crippen LogP contribution < -0.4 is 25.8 Å². The van der Waals surface area contributed by atoms with Crippen LogP contribution in [0.5, 0.6) is 5.75 Å². The predicted molar refractivity (Wildman–Crippen MR) is 156 cm³/mol. The molecule has 6 N–H and O–H groups in total. The predicted octanol–water partition coefficient (Wildman–Crippen LogP) is -1.18. The van der Waals surface area contributed by atoms with Gasteiger partial charge in [0.2, 0.25) is 6.20 Å². The van der Waals surface area contributed by atoms with Crippen LogP contribution in [0, 0.1) is 5.92 Å². The number of nitrogens with zero attached hydrogens (tertiary/aromatic N) is 5. The number of aromatic nitrogens is 3. The van der Waals surface area contributed by atoms with E-state index < -0.39 is 58.2 Å². The molecule has 45 heavy (non-hydrogen) atoms. The number of carbonyl (C=O) groups excluding carboxylic acids is 2. The second-order valence-corrected chi connectivity index (χ2v) is 12.9. The number of aliphatic carboxylic acids is 1. The van der Waals surface area contributed by atoms with E-state index in [-0.39, 0.29) is 10.8 Å². The molecule has 0 radical (unpaired) electrons. The Bertz CT molecular complexity index is 1780. The molecular weight excluding hydrogens is 636 g/mol. The molecule has 20 heteroatoms. The summed E-state index contributed by atoms with van der Waals surface area (Å²) in [5, 5.41) is 21.9. The summed E-state index contributed by atoms with van der Waals surface area (Å²) in [6.45, 7) is 5.03. The van der Waals surface area contributed by atoms with Crippen molar-refractivity contribution in [3.8, 4) is 5.75 Å². The number of benzene rings is 1. The zero-order chi connectivity index (χ0) is 32.7. The summed E-state index contributed by atoms with van der Waals surface area (Å²) in [7, 11) is -3.07. The van der Waals surface area contributed by atoms with Crippen LogP contribution in [-0.2, 0) is 47.5 Å². The molecule has 2 aromatic heterocycles. The Labute approximate surface area is 260 Å². The van der Waals surface area contributed by atoms with Gasteiger partial charge in [-0.2, -0.15) is 18.2 Å². The van der Waals surface area contributed by atoms with Gasteiger partial charge >= 0.3 is 16.4 Å². The minimum Gasteiger partial charge on any atom is -0.489 e. The summed E-state index contributed by atoms with van der Waals surface area (Å²) in [6.07, 6.45) is 0.280. The number of nitrogen functional groups attached to an aromatic ring is 1. The first kappa shape index (κ1) is 32.0. The number of nitrogens with one attached hydrogen (secondary N) is 2. The van der Waals surface area contributed by atoms with Gasteiger partial charge in [-0.1, -0.05) is 5.16 Å². The molecule has 5 rings (SSSR count). The second kappa shape index (κ2) is 12.2. The molecule has 4 heterocycles. The first-order valence-corrected chi connectivity index (χ1v) is 15.7. The molecule has 3 aromatic rings. The number of nitrogens with two attached hydrogens (primary N) is 1. The van der Waals surface area contributed by atoms with Crippen molar-refractivity contribution in [1.82, 2.24) is 25.4 Å². The molecule has 2 saturated heterocycles. The fourth-order valence-electron chi connectivity index (χ4n) is 4.81. The lowest BCUT2D eigenvalue weighted by Gasteiger charge is -2.50. The zero-order valence-electron chi connectivity index (χ0n) is 24.2. The highest BCUT2D eigenvalue weighted by atomic mass is 32.3. The number of hydrogen-bond donors (Lipinski definition) is 5. The molecule has 2 unspecified atom stereocenters. The molecule has 0 bridgehead atoms. The minimum absolute atomic E-state index is 0.0679. The Morgan fingerprint density at radius 1 is 1.36 bits per heavy atom. The van der Waals surface area contributed by atoms with Gasteiger partial charge in [-0.05, 0) is 32.0 Å². The number of anilines is 1. The highest BCUT2D eigenvalue weighted by molar-refractivity contribution is 7.80. The third kappa shape index (κ3) is 6.83. The molecule has 0 saturated carbocycles. The van der Waals surface area contributed by atoms with Crippen molar-refractivity contribution in [2.75, 3.05) is 25.4 Å². The lowest BCUT2D eigenvalue weighted by atomic mass is 9.84. The monoisotopic (exact) mass is 667 g/mol. The summed E-state index contributed by atoms with van der Waals surface area (Å²) in [5.41, 5.74) is 4.69. The van der Waals surface area contributed by atoms with E-state index in [2.05, 4.69) is 29.7 Å². The van der Waals surface area contributed by atoms with Crippen LogP contribution in [0.15, 0.2) is 34.9 Å². The standard InChI is InChI=1S/C25H30N8O10S2/c1-25(2)20(22(35)33(25)43-45(38,39)40)29-21(34)19(16-12-44-24(26)28-16)30-42-18(23(36)37)11-41-15-4-5-17-14(6-15)10-31(3)32(17)9-13-7-27-8-13/h4-6,10,12-13,18,20,27H,7-9,11H2,1-3H3,(H4-,26,28,29,34,36,37,38,39,40)/p+1. The molecule has 2 fully saturated rings. The van der Waals surface area contributed by atoms with Crippen LogP contribution >= 0.6 is 11.3 Å². The van der Waals surface area contributed by atoms with Gasteiger partial charge in [0, 0.05) is 24.4 Å². The number of carboxylic acid groups (broad SMARTS) is 1. The molecular formula is C25H31N8O10S2+. The number of hydroxylamine groups is 2. The minimum atomic E-state index is -5.01. The number of fused-ring (bicyclic) bond motifs is 1. The number of carboxylic acids is 1. The summed E-state index contributed by atoms with van der Waals surface area (Å²) in [5.74, 6) is -2.50. The highest BCUT2D eigenvalue weighted by Crippen LogP contribution is 2.33. The molecule has 0 aliphatic carbocycles. The van der Waals surface area contributed by atoms with Crippen molar-refractivity contribution in [1.29, 1.82) is 0 Å². The van der Waals surface area contributed by atoms with Gasteiger partial charge in [0.05, 0.1) is 17.5 Å². The number of β-lactam (4-membered cyclic amide) rings is 1. The van der Waals surface area contributed by atoms with E-state index in [9.17, 15) is 27.9 Å². The Kier molecular flexibility index (Phi) is 8.68. The second-order valence-electron chi connectivity index (χ2n) is 11.0. The van der Waals surface area contributed by atoms with Crippen LogP contribution in [0.1, 0.15) is 19.5 Å². The van der Waals surface area contributed by atoms with Gasteiger partial charge < -0.3 is 31.0 Å². The average molecular weight is 668 g/mol. The van der Waals surface area contributed by atoms with E-state index in [1.165, 1.54) is 19.2 Å². The van der Waals surface area contributed by atoms with Gasteiger partial charge in [0.15, 0.2) is 17.9 Å². The van der Waals surface area contributed by atoms with E-state index >= 15 is 0 Å². The molecule has 2 aliphatic rings. The van der Waals surface area contributed by atoms with Crippen molar-refractivity contribution in [3.05, 3.63) is 35.5 Å². The molecule has 0 spiro atoms. The Morgan fingerprint density at radius 2 is 2.09 bits per heavy atom. The number of ether oxygens (including phenoxy) is 1. The van der Waals surface area contributed by atoms with Crippen LogP contribution in [0.4, 0.5) is 5.13 Å². The maximum Gasteiger partial charge on any atom is 0.418 e. The number of hydrogen-bond acceptors (Lipinski definition) is 13. The molecule has 2 atom stereocenters. The number of amides is 2. The fraction of sp³-hybridized carbons (Fsp3) is 0.440. The third-order valence-electron chi connectivity index (χ3n) is 7.33. The van der Waals surface area contributed by atoms with E-state index in [4.69, 9.17) is 19.9 Å². The Balaban J connectivity index is 1.29. The molecule has 2 aliphatic heterocycles. The van der Waals surface area contributed by atoms with E-state index in [1.54, 1.807) is 12.1 Å². The first-order chi connectivity index (χ1) is 21.1. The molecule has 18 nitrogen and oxygen atoms in total. The quantitative estimate of drug-likeness (QED) is 0.0475. The molecule has 242 valence electrons. The van der Waals surface area contributed by atoms with Gasteiger partial charge in [-0.3, -0.25) is 14.1 Å². The molecule has 2 amide bonds. The normalized spacial score (nSPS) is 19.1. The van der Waals surface area contributed by atoms with Crippen LogP contribution in [0.25, 0.3) is 10.9 Å². The van der Waals surface area contributed by atoms with Gasteiger partial charge in [0.25, 0.3) is 17.9 Å². The number of rotatable bonds is 13. The lowest BCUT2D eigenvalue weighted by molar-refractivity contribution is -0.751.